The average molecular weight is 279 g/mol. The van der Waals surface area contributed by atoms with Crippen molar-refractivity contribution >= 4 is 0 Å². The van der Waals surface area contributed by atoms with Crippen LogP contribution in [0, 0.1) is 0 Å². The van der Waals surface area contributed by atoms with Gasteiger partial charge < -0.3 is 19.5 Å². The maximum atomic E-state index is 5.79. The maximum absolute atomic E-state index is 5.79. The van der Waals surface area contributed by atoms with Crippen LogP contribution in [0.5, 0.6) is 0 Å². The summed E-state index contributed by atoms with van der Waals surface area (Å²) < 4.78 is 11.1. The quantitative estimate of drug-likeness (QED) is 0.826. The van der Waals surface area contributed by atoms with Gasteiger partial charge in [-0.2, -0.15) is 0 Å². The monoisotopic (exact) mass is 279 g/mol. The van der Waals surface area contributed by atoms with Gasteiger partial charge in [-0.15, -0.1) is 0 Å². The molecule has 0 radical (unpaired) electrons. The Labute approximate surface area is 120 Å². The van der Waals surface area contributed by atoms with Crippen molar-refractivity contribution in [3.8, 4) is 0 Å². The SMILES string of the molecule is CN1CCCCC1COCc1cc(CNC2CC2)no1. The highest BCUT2D eigenvalue weighted by Gasteiger charge is 2.21. The molecule has 5 nitrogen and oxygen atoms in total. The minimum Gasteiger partial charge on any atom is -0.372 e. The number of ether oxygens (including phenoxy) is 1. The third-order valence-electron chi connectivity index (χ3n) is 4.23. The molecule has 1 unspecified atom stereocenters. The van der Waals surface area contributed by atoms with Crippen molar-refractivity contribution in [1.82, 2.24) is 15.4 Å². The van der Waals surface area contributed by atoms with E-state index in [1.165, 1.54) is 38.6 Å². The van der Waals surface area contributed by atoms with Crippen LogP contribution in [0.4, 0.5) is 0 Å². The van der Waals surface area contributed by atoms with Gasteiger partial charge in [0.05, 0.1) is 12.3 Å². The summed E-state index contributed by atoms with van der Waals surface area (Å²) in [6, 6.07) is 3.26. The number of nitrogens with zero attached hydrogens (tertiary/aromatic N) is 2. The van der Waals surface area contributed by atoms with Gasteiger partial charge in [0.1, 0.15) is 6.61 Å². The zero-order valence-electron chi connectivity index (χ0n) is 12.3. The summed E-state index contributed by atoms with van der Waals surface area (Å²) in [5.74, 6) is 0.830. The molecule has 2 aliphatic rings. The lowest BCUT2D eigenvalue weighted by Gasteiger charge is -2.31. The maximum Gasteiger partial charge on any atom is 0.162 e. The minimum atomic E-state index is 0.529. The second-order valence-corrected chi connectivity index (χ2v) is 6.09. The Hall–Kier alpha value is -0.910. The van der Waals surface area contributed by atoms with Crippen LogP contribution in [0.2, 0.25) is 0 Å². The van der Waals surface area contributed by atoms with Crippen molar-refractivity contribution in [2.75, 3.05) is 20.2 Å². The molecule has 1 aromatic rings. The molecule has 2 heterocycles. The average Bonchev–Trinajstić information content (AvgIpc) is 3.18. The molecular weight excluding hydrogens is 254 g/mol. The van der Waals surface area contributed by atoms with Crippen LogP contribution in [0.15, 0.2) is 10.6 Å². The molecule has 0 amide bonds. The lowest BCUT2D eigenvalue weighted by molar-refractivity contribution is 0.0354. The number of hydrogen-bond acceptors (Lipinski definition) is 5. The van der Waals surface area contributed by atoms with Gasteiger partial charge in [0, 0.05) is 24.7 Å². The third-order valence-corrected chi connectivity index (χ3v) is 4.23. The van der Waals surface area contributed by atoms with Crippen molar-refractivity contribution in [2.24, 2.45) is 0 Å². The summed E-state index contributed by atoms with van der Waals surface area (Å²) >= 11 is 0. The van der Waals surface area contributed by atoms with Crippen LogP contribution in [0.25, 0.3) is 0 Å². The van der Waals surface area contributed by atoms with E-state index >= 15 is 0 Å². The summed E-state index contributed by atoms with van der Waals surface area (Å²) in [6.45, 7) is 3.31. The fraction of sp³-hybridized carbons (Fsp3) is 0.800. The fourth-order valence-electron chi connectivity index (χ4n) is 2.69. The summed E-state index contributed by atoms with van der Waals surface area (Å²) in [4.78, 5) is 2.40. The highest BCUT2D eigenvalue weighted by molar-refractivity contribution is 5.05. The first-order valence-electron chi connectivity index (χ1n) is 7.77. The Kier molecular flexibility index (Phi) is 4.70. The summed E-state index contributed by atoms with van der Waals surface area (Å²) in [5, 5.41) is 7.50. The molecule has 0 aromatic carbocycles. The lowest BCUT2D eigenvalue weighted by atomic mass is 10.0. The smallest absolute Gasteiger partial charge is 0.162 e. The zero-order valence-corrected chi connectivity index (χ0v) is 12.3. The third kappa shape index (κ3) is 4.04. The highest BCUT2D eigenvalue weighted by Crippen LogP contribution is 2.19. The zero-order chi connectivity index (χ0) is 13.8. The Morgan fingerprint density at radius 2 is 2.30 bits per heavy atom. The second kappa shape index (κ2) is 6.70. The normalized spacial score (nSPS) is 24.1. The van der Waals surface area contributed by atoms with Gasteiger partial charge >= 0.3 is 0 Å². The van der Waals surface area contributed by atoms with Gasteiger partial charge in [-0.1, -0.05) is 11.6 Å². The number of aromatic nitrogens is 1. The van der Waals surface area contributed by atoms with E-state index in [9.17, 15) is 0 Å². The van der Waals surface area contributed by atoms with Gasteiger partial charge in [0.25, 0.3) is 0 Å². The predicted molar refractivity (Wildman–Crippen MR) is 76.3 cm³/mol. The Morgan fingerprint density at radius 1 is 1.40 bits per heavy atom. The van der Waals surface area contributed by atoms with Gasteiger partial charge in [-0.25, -0.2) is 0 Å². The van der Waals surface area contributed by atoms with E-state index in [0.29, 0.717) is 18.7 Å². The van der Waals surface area contributed by atoms with Crippen molar-refractivity contribution < 1.29 is 9.26 Å². The Morgan fingerprint density at radius 3 is 3.10 bits per heavy atom. The number of nitrogens with one attached hydrogen (secondary N) is 1. The topological polar surface area (TPSA) is 50.5 Å². The molecule has 1 aliphatic carbocycles. The molecule has 0 bridgehead atoms. The molecular formula is C15H25N3O2. The number of likely N-dealkylation sites (N-methyl/N-ethyl adjacent to an activating group) is 1. The number of hydrogen-bond donors (Lipinski definition) is 1. The molecule has 1 atom stereocenters. The Balaban J connectivity index is 1.37. The number of piperidine rings is 1. The largest absolute Gasteiger partial charge is 0.372 e. The van der Waals surface area contributed by atoms with E-state index in [1.54, 1.807) is 0 Å². The van der Waals surface area contributed by atoms with Gasteiger partial charge in [0.15, 0.2) is 5.76 Å². The second-order valence-electron chi connectivity index (χ2n) is 6.09. The first-order chi connectivity index (χ1) is 9.81. The molecule has 3 rings (SSSR count). The highest BCUT2D eigenvalue weighted by atomic mass is 16.5. The number of likely N-dealkylation sites (tertiary alicyclic amines) is 1. The van der Waals surface area contributed by atoms with Crippen LogP contribution in [0.1, 0.15) is 43.6 Å². The lowest BCUT2D eigenvalue weighted by Crippen LogP contribution is -2.39. The van der Waals surface area contributed by atoms with Crippen molar-refractivity contribution in [3.63, 3.8) is 0 Å². The van der Waals surface area contributed by atoms with E-state index in [-0.39, 0.29) is 0 Å². The van der Waals surface area contributed by atoms with E-state index < -0.39 is 0 Å². The van der Waals surface area contributed by atoms with Crippen LogP contribution in [-0.2, 0) is 17.9 Å². The standard InChI is InChI=1S/C15H25N3O2/c1-18-7-3-2-4-14(18)10-19-11-15-8-13(17-20-15)9-16-12-5-6-12/h8,12,14,16H,2-7,9-11H2,1H3. The van der Waals surface area contributed by atoms with Crippen LogP contribution in [0.3, 0.4) is 0 Å². The summed E-state index contributed by atoms with van der Waals surface area (Å²) in [5.41, 5.74) is 0.977. The van der Waals surface area contributed by atoms with E-state index in [2.05, 4.69) is 22.4 Å². The number of rotatable bonds is 7. The molecule has 20 heavy (non-hydrogen) atoms. The van der Waals surface area contributed by atoms with E-state index in [0.717, 1.165) is 24.6 Å². The molecule has 2 fully saturated rings. The Bertz CT molecular complexity index is 417. The summed E-state index contributed by atoms with van der Waals surface area (Å²) in [7, 11) is 2.18. The van der Waals surface area contributed by atoms with Crippen molar-refractivity contribution in [1.29, 1.82) is 0 Å². The van der Waals surface area contributed by atoms with Crippen LogP contribution >= 0.6 is 0 Å². The van der Waals surface area contributed by atoms with Crippen molar-refractivity contribution in [2.45, 2.75) is 57.3 Å². The van der Waals surface area contributed by atoms with Gasteiger partial charge in [-0.05, 0) is 39.3 Å². The summed E-state index contributed by atoms with van der Waals surface area (Å²) in [6.07, 6.45) is 6.46. The molecule has 112 valence electrons. The molecule has 1 saturated carbocycles. The molecule has 1 N–H and O–H groups in total. The van der Waals surface area contributed by atoms with E-state index in [1.807, 2.05) is 6.07 Å². The van der Waals surface area contributed by atoms with E-state index in [4.69, 9.17) is 9.26 Å². The van der Waals surface area contributed by atoms with Crippen LogP contribution < -0.4 is 5.32 Å². The predicted octanol–water partition coefficient (Wildman–Crippen LogP) is 1.93. The molecule has 1 aliphatic heterocycles. The van der Waals surface area contributed by atoms with Crippen molar-refractivity contribution in [3.05, 3.63) is 17.5 Å². The molecule has 1 saturated heterocycles. The van der Waals surface area contributed by atoms with Gasteiger partial charge in [0.2, 0.25) is 0 Å². The minimum absolute atomic E-state index is 0.529. The molecule has 1 aromatic heterocycles. The van der Waals surface area contributed by atoms with Crippen LogP contribution in [-0.4, -0.2) is 42.3 Å². The van der Waals surface area contributed by atoms with Gasteiger partial charge in [-0.3, -0.25) is 0 Å². The first kappa shape index (κ1) is 14.0. The first-order valence-corrected chi connectivity index (χ1v) is 7.77. The fourth-order valence-corrected chi connectivity index (χ4v) is 2.69. The molecule has 5 heteroatoms. The molecule has 0 spiro atoms.